The van der Waals surface area contributed by atoms with E-state index in [1.165, 1.54) is 0 Å². The fourth-order valence-electron chi connectivity index (χ4n) is 1.72. The lowest BCUT2D eigenvalue weighted by atomic mass is 10.0. The Labute approximate surface area is 102 Å². The second kappa shape index (κ2) is 4.76. The monoisotopic (exact) mass is 297 g/mol. The summed E-state index contributed by atoms with van der Waals surface area (Å²) in [6.07, 6.45) is -0.0843. The number of benzene rings is 1. The largest absolute Gasteiger partial charge is 0.305 e. The van der Waals surface area contributed by atoms with Crippen molar-refractivity contribution < 1.29 is 8.78 Å². The molecular weight excluding hydrogens is 287 g/mol. The third kappa shape index (κ3) is 2.49. The van der Waals surface area contributed by atoms with E-state index in [4.69, 9.17) is 0 Å². The Bertz CT molecular complexity index is 346. The average molecular weight is 299 g/mol. The van der Waals surface area contributed by atoms with Crippen LogP contribution in [0, 0.1) is 0 Å². The summed E-state index contributed by atoms with van der Waals surface area (Å²) in [6.45, 7) is 0.374. The number of halogens is 4. The Morgan fingerprint density at radius 1 is 1.33 bits per heavy atom. The zero-order chi connectivity index (χ0) is 10.2. The minimum absolute atomic E-state index is 0. The first kappa shape index (κ1) is 12.9. The topological polar surface area (TPSA) is 12.0 Å². The minimum Gasteiger partial charge on any atom is -0.305 e. The molecule has 1 N–H and O–H groups in total. The second-order valence-electron chi connectivity index (χ2n) is 3.42. The summed E-state index contributed by atoms with van der Waals surface area (Å²) >= 11 is 3.28. The van der Waals surface area contributed by atoms with E-state index in [-0.39, 0.29) is 18.8 Å². The molecule has 15 heavy (non-hydrogen) atoms. The van der Waals surface area contributed by atoms with Gasteiger partial charge < -0.3 is 5.32 Å². The molecule has 0 bridgehead atoms. The maximum Gasteiger partial charge on any atom is 0.268 e. The fourth-order valence-corrected chi connectivity index (χ4v) is 2.24. The summed E-state index contributed by atoms with van der Waals surface area (Å²) < 4.78 is 27.5. The van der Waals surface area contributed by atoms with Crippen LogP contribution in [0.5, 0.6) is 0 Å². The molecule has 1 fully saturated rings. The van der Waals surface area contributed by atoms with E-state index in [9.17, 15) is 8.78 Å². The summed E-state index contributed by atoms with van der Waals surface area (Å²) in [7, 11) is 0. The number of nitrogens with one attached hydrogen (secondary N) is 1. The van der Waals surface area contributed by atoms with Crippen LogP contribution in [0.2, 0.25) is 0 Å². The highest BCUT2D eigenvalue weighted by molar-refractivity contribution is 9.10. The number of rotatable bonds is 1. The third-order valence-electron chi connectivity index (χ3n) is 2.45. The van der Waals surface area contributed by atoms with Gasteiger partial charge in [0.05, 0.1) is 6.04 Å². The molecule has 1 aliphatic heterocycles. The van der Waals surface area contributed by atoms with Gasteiger partial charge in [0.25, 0.3) is 5.92 Å². The SMILES string of the molecule is Cl.FC1(F)CCNC1c1ccccc1Br. The summed E-state index contributed by atoms with van der Waals surface area (Å²) in [6, 6.07) is 6.25. The van der Waals surface area contributed by atoms with Gasteiger partial charge in [-0.25, -0.2) is 8.78 Å². The van der Waals surface area contributed by atoms with Crippen molar-refractivity contribution in [1.82, 2.24) is 5.32 Å². The highest BCUT2D eigenvalue weighted by Gasteiger charge is 2.45. The number of hydrogen-bond donors (Lipinski definition) is 1. The quantitative estimate of drug-likeness (QED) is 0.836. The molecule has 0 amide bonds. The molecule has 1 atom stereocenters. The second-order valence-corrected chi connectivity index (χ2v) is 4.27. The molecule has 1 aromatic carbocycles. The molecule has 0 aromatic heterocycles. The summed E-state index contributed by atoms with van der Waals surface area (Å²) in [4.78, 5) is 0. The van der Waals surface area contributed by atoms with Crippen molar-refractivity contribution in [2.45, 2.75) is 18.4 Å². The molecule has 1 saturated heterocycles. The van der Waals surface area contributed by atoms with Crippen molar-refractivity contribution in [1.29, 1.82) is 0 Å². The average Bonchev–Trinajstić information content (AvgIpc) is 2.46. The van der Waals surface area contributed by atoms with Crippen LogP contribution in [-0.4, -0.2) is 12.5 Å². The van der Waals surface area contributed by atoms with Crippen LogP contribution < -0.4 is 5.32 Å². The van der Waals surface area contributed by atoms with E-state index >= 15 is 0 Å². The van der Waals surface area contributed by atoms with E-state index < -0.39 is 12.0 Å². The van der Waals surface area contributed by atoms with Crippen LogP contribution in [-0.2, 0) is 0 Å². The van der Waals surface area contributed by atoms with E-state index in [1.807, 2.05) is 6.07 Å². The maximum absolute atomic E-state index is 13.4. The Hall–Kier alpha value is -0.190. The van der Waals surface area contributed by atoms with Gasteiger partial charge in [0.1, 0.15) is 0 Å². The van der Waals surface area contributed by atoms with Gasteiger partial charge in [-0.15, -0.1) is 12.4 Å². The standard InChI is InChI=1S/C10H10BrF2N.ClH/c11-8-4-2-1-3-7(8)9-10(12,13)5-6-14-9;/h1-4,9,14H,5-6H2;1H. The van der Waals surface area contributed by atoms with Gasteiger partial charge in [0.2, 0.25) is 0 Å². The minimum atomic E-state index is -2.64. The van der Waals surface area contributed by atoms with Crippen molar-refractivity contribution in [3.05, 3.63) is 34.3 Å². The molecule has 1 nitrogen and oxygen atoms in total. The molecule has 0 radical (unpaired) electrons. The molecule has 2 rings (SSSR count). The fraction of sp³-hybridized carbons (Fsp3) is 0.400. The molecule has 5 heteroatoms. The van der Waals surface area contributed by atoms with Crippen molar-refractivity contribution >= 4 is 28.3 Å². The van der Waals surface area contributed by atoms with Crippen molar-refractivity contribution in [2.75, 3.05) is 6.54 Å². The highest BCUT2D eigenvalue weighted by Crippen LogP contribution is 2.40. The molecule has 0 spiro atoms. The molecule has 0 saturated carbocycles. The lowest BCUT2D eigenvalue weighted by Gasteiger charge is -2.20. The third-order valence-corrected chi connectivity index (χ3v) is 3.17. The van der Waals surface area contributed by atoms with Crippen molar-refractivity contribution in [3.63, 3.8) is 0 Å². The first-order chi connectivity index (χ1) is 6.61. The van der Waals surface area contributed by atoms with Gasteiger partial charge in [-0.3, -0.25) is 0 Å². The van der Waals surface area contributed by atoms with Crippen molar-refractivity contribution in [2.24, 2.45) is 0 Å². The van der Waals surface area contributed by atoms with Crippen LogP contribution in [0.3, 0.4) is 0 Å². The van der Waals surface area contributed by atoms with Crippen LogP contribution in [0.1, 0.15) is 18.0 Å². The van der Waals surface area contributed by atoms with E-state index in [0.29, 0.717) is 12.1 Å². The van der Waals surface area contributed by atoms with Gasteiger partial charge in [-0.1, -0.05) is 34.1 Å². The first-order valence-electron chi connectivity index (χ1n) is 4.47. The Kier molecular flexibility index (Phi) is 4.09. The van der Waals surface area contributed by atoms with Crippen LogP contribution in [0.15, 0.2) is 28.7 Å². The van der Waals surface area contributed by atoms with Crippen LogP contribution in [0.25, 0.3) is 0 Å². The molecule has 84 valence electrons. The highest BCUT2D eigenvalue weighted by atomic mass is 79.9. The Morgan fingerprint density at radius 2 is 2.00 bits per heavy atom. The summed E-state index contributed by atoms with van der Waals surface area (Å²) in [5.41, 5.74) is 0.634. The lowest BCUT2D eigenvalue weighted by molar-refractivity contribution is -0.0118. The zero-order valence-electron chi connectivity index (χ0n) is 7.84. The first-order valence-corrected chi connectivity index (χ1v) is 5.26. The van der Waals surface area contributed by atoms with E-state index in [1.54, 1.807) is 18.2 Å². The molecule has 0 aliphatic carbocycles. The number of alkyl halides is 2. The van der Waals surface area contributed by atoms with E-state index in [0.717, 1.165) is 4.47 Å². The van der Waals surface area contributed by atoms with Crippen LogP contribution in [0.4, 0.5) is 8.78 Å². The predicted molar refractivity (Wildman–Crippen MR) is 61.7 cm³/mol. The van der Waals surface area contributed by atoms with Gasteiger partial charge >= 0.3 is 0 Å². The zero-order valence-corrected chi connectivity index (χ0v) is 10.2. The maximum atomic E-state index is 13.4. The lowest BCUT2D eigenvalue weighted by Crippen LogP contribution is -2.26. The Morgan fingerprint density at radius 3 is 2.53 bits per heavy atom. The molecule has 1 aliphatic rings. The predicted octanol–water partition coefficient (Wildman–Crippen LogP) is 3.54. The molecule has 1 heterocycles. The van der Waals surface area contributed by atoms with Gasteiger partial charge in [0, 0.05) is 17.4 Å². The normalized spacial score (nSPS) is 23.5. The number of hydrogen-bond acceptors (Lipinski definition) is 1. The molecule has 1 aromatic rings. The van der Waals surface area contributed by atoms with Gasteiger partial charge in [-0.05, 0) is 11.6 Å². The van der Waals surface area contributed by atoms with Gasteiger partial charge in [-0.2, -0.15) is 0 Å². The molecular formula is C10H11BrClF2N. The Balaban J connectivity index is 0.00000112. The van der Waals surface area contributed by atoms with Gasteiger partial charge in [0.15, 0.2) is 0 Å². The molecule has 1 unspecified atom stereocenters. The summed E-state index contributed by atoms with van der Waals surface area (Å²) in [5, 5.41) is 2.82. The van der Waals surface area contributed by atoms with E-state index in [2.05, 4.69) is 21.2 Å². The smallest absolute Gasteiger partial charge is 0.268 e. The van der Waals surface area contributed by atoms with Crippen molar-refractivity contribution in [3.8, 4) is 0 Å². The van der Waals surface area contributed by atoms with Crippen LogP contribution >= 0.6 is 28.3 Å². The summed E-state index contributed by atoms with van der Waals surface area (Å²) in [5.74, 6) is -2.64.